The van der Waals surface area contributed by atoms with Gasteiger partial charge >= 0.3 is 6.09 Å². The number of fused-ring (bicyclic) bond motifs is 1. The number of nitrogens with zero attached hydrogens (tertiary/aromatic N) is 8. The number of anilines is 1. The third-order valence-corrected chi connectivity index (χ3v) is 7.78. The zero-order valence-electron chi connectivity index (χ0n) is 21.3. The van der Waals surface area contributed by atoms with Crippen LogP contribution in [0.4, 0.5) is 10.5 Å². The third-order valence-electron chi connectivity index (χ3n) is 7.78. The smallest absolute Gasteiger partial charge is 0.407 e. The third kappa shape index (κ3) is 4.13. The normalized spacial score (nSPS) is 18.9. The Kier molecular flexibility index (Phi) is 5.96. The number of carbonyl (C=O) groups is 1. The summed E-state index contributed by atoms with van der Waals surface area (Å²) in [5.41, 5.74) is 5.96. The van der Waals surface area contributed by atoms with Crippen molar-refractivity contribution in [2.24, 2.45) is 0 Å². The molecule has 2 atom stereocenters. The van der Waals surface area contributed by atoms with Crippen molar-refractivity contribution in [3.63, 3.8) is 0 Å². The highest BCUT2D eigenvalue weighted by atomic mass is 16.4. The van der Waals surface area contributed by atoms with E-state index in [1.54, 1.807) is 16.9 Å². The molecule has 2 saturated heterocycles. The molecule has 38 heavy (non-hydrogen) atoms. The fourth-order valence-electron chi connectivity index (χ4n) is 5.63. The molecule has 0 bridgehead atoms. The van der Waals surface area contributed by atoms with E-state index in [1.807, 2.05) is 37.5 Å². The maximum atomic E-state index is 11.3. The Balaban J connectivity index is 1.26. The Hall–Kier alpha value is -4.43. The van der Waals surface area contributed by atoms with Crippen molar-refractivity contribution < 1.29 is 9.90 Å². The SMILES string of the molecule is Cc1c(-c2cc(N[C@H](C)c3ccccn3)c3c(C#N)cnn3c2)cnn1C1CN(C2CCN(C(=O)O)C2)C1. The lowest BCUT2D eigenvalue weighted by atomic mass is 10.0. The molecule has 6 rings (SSSR count). The van der Waals surface area contributed by atoms with Crippen LogP contribution in [0.2, 0.25) is 0 Å². The molecule has 0 aromatic carbocycles. The Morgan fingerprint density at radius 2 is 2.05 bits per heavy atom. The summed E-state index contributed by atoms with van der Waals surface area (Å²) in [7, 11) is 0. The number of nitriles is 1. The van der Waals surface area contributed by atoms with E-state index in [2.05, 4.69) is 44.0 Å². The van der Waals surface area contributed by atoms with Gasteiger partial charge in [0.05, 0.1) is 41.4 Å². The van der Waals surface area contributed by atoms with Crippen LogP contribution in [0.5, 0.6) is 0 Å². The van der Waals surface area contributed by atoms with Gasteiger partial charge in [0, 0.05) is 61.4 Å². The molecule has 2 aliphatic rings. The zero-order chi connectivity index (χ0) is 26.4. The minimum atomic E-state index is -0.837. The second kappa shape index (κ2) is 9.46. The first kappa shape index (κ1) is 23.9. The summed E-state index contributed by atoms with van der Waals surface area (Å²) in [6, 6.07) is 10.6. The molecule has 4 aromatic rings. The molecule has 11 nitrogen and oxygen atoms in total. The van der Waals surface area contributed by atoms with Crippen LogP contribution >= 0.6 is 0 Å². The van der Waals surface area contributed by atoms with Crippen molar-refractivity contribution in [2.75, 3.05) is 31.5 Å². The minimum Gasteiger partial charge on any atom is -0.465 e. The Bertz CT molecular complexity index is 1530. The molecule has 1 amide bonds. The van der Waals surface area contributed by atoms with Gasteiger partial charge in [-0.2, -0.15) is 15.5 Å². The summed E-state index contributed by atoms with van der Waals surface area (Å²) in [5, 5.41) is 31.6. The zero-order valence-corrected chi connectivity index (χ0v) is 21.3. The first-order chi connectivity index (χ1) is 18.4. The summed E-state index contributed by atoms with van der Waals surface area (Å²) in [5.74, 6) is 0. The molecule has 0 saturated carbocycles. The lowest BCUT2D eigenvalue weighted by Gasteiger charge is -2.43. The first-order valence-electron chi connectivity index (χ1n) is 12.8. The van der Waals surface area contributed by atoms with Gasteiger partial charge in [-0.1, -0.05) is 6.07 Å². The second-order valence-electron chi connectivity index (χ2n) is 10.1. The number of carboxylic acid groups (broad SMARTS) is 1. The van der Waals surface area contributed by atoms with Crippen LogP contribution in [0.1, 0.15) is 42.4 Å². The van der Waals surface area contributed by atoms with Crippen molar-refractivity contribution in [2.45, 2.75) is 38.4 Å². The van der Waals surface area contributed by atoms with Gasteiger partial charge in [0.1, 0.15) is 11.6 Å². The van der Waals surface area contributed by atoms with Crippen LogP contribution in [-0.2, 0) is 0 Å². The van der Waals surface area contributed by atoms with Gasteiger partial charge in [-0.25, -0.2) is 9.31 Å². The molecule has 0 aliphatic carbocycles. The van der Waals surface area contributed by atoms with Crippen LogP contribution in [0, 0.1) is 18.3 Å². The van der Waals surface area contributed by atoms with Gasteiger partial charge in [-0.3, -0.25) is 14.6 Å². The van der Waals surface area contributed by atoms with Crippen LogP contribution in [0.3, 0.4) is 0 Å². The predicted octanol–water partition coefficient (Wildman–Crippen LogP) is 3.56. The summed E-state index contributed by atoms with van der Waals surface area (Å²) in [6.07, 6.45) is 7.23. The highest BCUT2D eigenvalue weighted by Crippen LogP contribution is 2.34. The standard InChI is InChI=1S/C27H29N9O2/c1-17(24-5-3-4-7-29-24)32-25-9-19(13-35-26(25)20(10-28)11-30-35)23-12-31-36(18(23)2)22-15-34(16-22)21-6-8-33(14-21)27(37)38/h3-5,7,9,11-13,17,21-22,32H,6,8,14-16H2,1-2H3,(H,37,38)/t17-,21?/m1/s1. The Morgan fingerprint density at radius 3 is 2.76 bits per heavy atom. The second-order valence-corrected chi connectivity index (χ2v) is 10.1. The molecule has 2 fully saturated rings. The summed E-state index contributed by atoms with van der Waals surface area (Å²) in [6.45, 7) is 7.01. The number of hydrogen-bond donors (Lipinski definition) is 2. The Labute approximate surface area is 219 Å². The molecule has 1 unspecified atom stereocenters. The van der Waals surface area contributed by atoms with E-state index in [4.69, 9.17) is 5.10 Å². The molecular weight excluding hydrogens is 482 g/mol. The molecule has 0 spiro atoms. The lowest BCUT2D eigenvalue weighted by molar-refractivity contribution is 0.0546. The fourth-order valence-corrected chi connectivity index (χ4v) is 5.63. The summed E-state index contributed by atoms with van der Waals surface area (Å²) in [4.78, 5) is 19.6. The van der Waals surface area contributed by atoms with Gasteiger partial charge in [-0.15, -0.1) is 0 Å². The molecule has 6 heterocycles. The number of pyridine rings is 2. The van der Waals surface area contributed by atoms with Crippen LogP contribution in [-0.4, -0.2) is 77.6 Å². The quantitative estimate of drug-likeness (QED) is 0.402. The van der Waals surface area contributed by atoms with E-state index >= 15 is 0 Å². The van der Waals surface area contributed by atoms with E-state index < -0.39 is 6.09 Å². The van der Waals surface area contributed by atoms with Gasteiger partial charge in [-0.05, 0) is 38.5 Å². The topological polar surface area (TPSA) is 128 Å². The van der Waals surface area contributed by atoms with Crippen molar-refractivity contribution >= 4 is 17.3 Å². The average molecular weight is 512 g/mol. The average Bonchev–Trinajstić information content (AvgIpc) is 3.63. The minimum absolute atomic E-state index is 0.0749. The number of nitrogens with one attached hydrogen (secondary N) is 1. The molecule has 2 aliphatic heterocycles. The van der Waals surface area contributed by atoms with E-state index in [0.29, 0.717) is 18.7 Å². The molecule has 194 valence electrons. The van der Waals surface area contributed by atoms with Gasteiger partial charge in [0.25, 0.3) is 0 Å². The van der Waals surface area contributed by atoms with E-state index in [9.17, 15) is 15.2 Å². The molecular formula is C27H29N9O2. The van der Waals surface area contributed by atoms with Crippen LogP contribution < -0.4 is 5.32 Å². The largest absolute Gasteiger partial charge is 0.465 e. The van der Waals surface area contributed by atoms with Gasteiger partial charge in [0.15, 0.2) is 0 Å². The fraction of sp³-hybridized carbons (Fsp3) is 0.370. The maximum Gasteiger partial charge on any atom is 0.407 e. The van der Waals surface area contributed by atoms with Crippen molar-refractivity contribution in [3.8, 4) is 17.2 Å². The number of amides is 1. The lowest BCUT2D eigenvalue weighted by Crippen LogP contribution is -2.54. The number of hydrogen-bond acceptors (Lipinski definition) is 7. The van der Waals surface area contributed by atoms with Gasteiger partial charge in [0.2, 0.25) is 0 Å². The molecule has 0 radical (unpaired) electrons. The van der Waals surface area contributed by atoms with Crippen molar-refractivity contribution in [3.05, 3.63) is 66.0 Å². The highest BCUT2D eigenvalue weighted by molar-refractivity contribution is 5.83. The van der Waals surface area contributed by atoms with Crippen LogP contribution in [0.15, 0.2) is 49.1 Å². The molecule has 2 N–H and O–H groups in total. The van der Waals surface area contributed by atoms with Crippen LogP contribution in [0.25, 0.3) is 16.6 Å². The predicted molar refractivity (Wildman–Crippen MR) is 141 cm³/mol. The van der Waals surface area contributed by atoms with E-state index in [0.717, 1.165) is 53.2 Å². The molecule has 4 aromatic heterocycles. The maximum absolute atomic E-state index is 11.3. The van der Waals surface area contributed by atoms with Crippen molar-refractivity contribution in [1.82, 2.24) is 34.2 Å². The van der Waals surface area contributed by atoms with E-state index in [1.165, 1.54) is 4.90 Å². The molecule has 11 heteroatoms. The highest BCUT2D eigenvalue weighted by Gasteiger charge is 2.38. The monoisotopic (exact) mass is 511 g/mol. The number of likely N-dealkylation sites (tertiary alicyclic amines) is 2. The van der Waals surface area contributed by atoms with Gasteiger partial charge < -0.3 is 15.3 Å². The number of rotatable bonds is 6. The van der Waals surface area contributed by atoms with Crippen molar-refractivity contribution in [1.29, 1.82) is 5.26 Å². The summed E-state index contributed by atoms with van der Waals surface area (Å²) >= 11 is 0. The number of aromatic nitrogens is 5. The first-order valence-corrected chi connectivity index (χ1v) is 12.8. The van der Waals surface area contributed by atoms with E-state index in [-0.39, 0.29) is 18.1 Å². The Morgan fingerprint density at radius 1 is 1.21 bits per heavy atom. The summed E-state index contributed by atoms with van der Waals surface area (Å²) < 4.78 is 3.82.